The number of aromatic nitrogens is 1. The molecule has 1 aromatic heterocycles. The van der Waals surface area contributed by atoms with E-state index in [1.54, 1.807) is 0 Å². The molecule has 0 atom stereocenters. The van der Waals surface area contributed by atoms with Gasteiger partial charge in [-0.25, -0.2) is 0 Å². The second-order valence-corrected chi connectivity index (χ2v) is 5.23. The van der Waals surface area contributed by atoms with Crippen molar-refractivity contribution in [2.75, 3.05) is 11.9 Å². The van der Waals surface area contributed by atoms with Crippen LogP contribution in [0.4, 0.5) is 5.69 Å². The molecule has 19 heavy (non-hydrogen) atoms. The largest absolute Gasteiger partial charge is 0.368 e. The number of aryl methyl sites for hydroxylation is 1. The number of nitrogens with zero attached hydrogens (tertiary/aromatic N) is 3. The third-order valence-corrected chi connectivity index (χ3v) is 3.52. The van der Waals surface area contributed by atoms with Gasteiger partial charge in [-0.2, -0.15) is 5.26 Å². The zero-order valence-electron chi connectivity index (χ0n) is 10.9. The van der Waals surface area contributed by atoms with Crippen molar-refractivity contribution >= 4 is 21.6 Å². The minimum atomic E-state index is 0.651. The van der Waals surface area contributed by atoms with Crippen LogP contribution in [0.3, 0.4) is 0 Å². The monoisotopic (exact) mass is 315 g/mol. The minimum Gasteiger partial charge on any atom is -0.368 e. The van der Waals surface area contributed by atoms with E-state index >= 15 is 0 Å². The van der Waals surface area contributed by atoms with Gasteiger partial charge in [0.05, 0.1) is 23.5 Å². The Bertz CT molecular complexity index is 632. The first-order valence-electron chi connectivity index (χ1n) is 5.94. The van der Waals surface area contributed by atoms with Crippen molar-refractivity contribution in [1.29, 1.82) is 5.26 Å². The molecule has 0 bridgehead atoms. The minimum absolute atomic E-state index is 0.651. The Morgan fingerprint density at radius 1 is 1.26 bits per heavy atom. The van der Waals surface area contributed by atoms with Crippen molar-refractivity contribution in [3.63, 3.8) is 0 Å². The van der Waals surface area contributed by atoms with Gasteiger partial charge in [0.25, 0.3) is 0 Å². The number of benzene rings is 1. The van der Waals surface area contributed by atoms with Crippen LogP contribution in [0.5, 0.6) is 0 Å². The molecule has 0 amide bonds. The van der Waals surface area contributed by atoms with Crippen LogP contribution < -0.4 is 4.90 Å². The van der Waals surface area contributed by atoms with E-state index in [0.717, 1.165) is 21.5 Å². The molecule has 4 heteroatoms. The van der Waals surface area contributed by atoms with Gasteiger partial charge in [0.15, 0.2) is 0 Å². The molecule has 3 nitrogen and oxygen atoms in total. The molecule has 96 valence electrons. The van der Waals surface area contributed by atoms with Gasteiger partial charge in [-0.05, 0) is 47.1 Å². The van der Waals surface area contributed by atoms with E-state index in [9.17, 15) is 5.26 Å². The third-order valence-electron chi connectivity index (χ3n) is 2.86. The van der Waals surface area contributed by atoms with E-state index in [1.807, 2.05) is 55.3 Å². The number of hydrogen-bond donors (Lipinski definition) is 0. The highest BCUT2D eigenvalue weighted by Gasteiger charge is 2.11. The van der Waals surface area contributed by atoms with Gasteiger partial charge in [-0.3, -0.25) is 4.98 Å². The molecule has 1 heterocycles. The van der Waals surface area contributed by atoms with Crippen molar-refractivity contribution in [3.8, 4) is 6.07 Å². The second kappa shape index (κ2) is 5.85. The molecule has 0 N–H and O–H groups in total. The van der Waals surface area contributed by atoms with Gasteiger partial charge < -0.3 is 4.90 Å². The Morgan fingerprint density at radius 2 is 2.00 bits per heavy atom. The maximum absolute atomic E-state index is 9.24. The lowest BCUT2D eigenvalue weighted by Crippen LogP contribution is -2.18. The predicted molar refractivity (Wildman–Crippen MR) is 79.9 cm³/mol. The topological polar surface area (TPSA) is 39.9 Å². The fourth-order valence-electron chi connectivity index (χ4n) is 1.96. The second-order valence-electron chi connectivity index (χ2n) is 4.37. The zero-order valence-corrected chi connectivity index (χ0v) is 12.5. The summed E-state index contributed by atoms with van der Waals surface area (Å²) in [7, 11) is 1.96. The maximum atomic E-state index is 9.24. The van der Waals surface area contributed by atoms with Crippen LogP contribution in [0.25, 0.3) is 0 Å². The summed E-state index contributed by atoms with van der Waals surface area (Å²) in [5.41, 5.74) is 3.55. The highest BCUT2D eigenvalue weighted by Crippen LogP contribution is 2.27. The number of pyridine rings is 1. The molecule has 2 aromatic rings. The van der Waals surface area contributed by atoms with Crippen molar-refractivity contribution in [2.24, 2.45) is 0 Å². The average molecular weight is 316 g/mol. The lowest BCUT2D eigenvalue weighted by atomic mass is 10.1. The summed E-state index contributed by atoms with van der Waals surface area (Å²) in [6.07, 6.45) is 0. The van der Waals surface area contributed by atoms with Gasteiger partial charge in [0.1, 0.15) is 6.07 Å². The summed E-state index contributed by atoms with van der Waals surface area (Å²) in [5, 5.41) is 9.24. The Kier molecular flexibility index (Phi) is 4.18. The zero-order chi connectivity index (χ0) is 13.8. The number of hydrogen-bond acceptors (Lipinski definition) is 3. The van der Waals surface area contributed by atoms with Crippen LogP contribution in [0.2, 0.25) is 0 Å². The van der Waals surface area contributed by atoms with Gasteiger partial charge in [0, 0.05) is 17.2 Å². The van der Waals surface area contributed by atoms with E-state index in [0.29, 0.717) is 12.1 Å². The van der Waals surface area contributed by atoms with Crippen molar-refractivity contribution in [3.05, 3.63) is 57.8 Å². The molecule has 0 aliphatic carbocycles. The number of nitriles is 1. The van der Waals surface area contributed by atoms with Gasteiger partial charge in [0.2, 0.25) is 0 Å². The highest BCUT2D eigenvalue weighted by atomic mass is 79.9. The van der Waals surface area contributed by atoms with Crippen LogP contribution in [0, 0.1) is 18.3 Å². The maximum Gasteiger partial charge on any atom is 0.103 e. The first kappa shape index (κ1) is 13.6. The molecule has 1 aromatic carbocycles. The van der Waals surface area contributed by atoms with Crippen LogP contribution in [-0.2, 0) is 6.54 Å². The molecule has 0 unspecified atom stereocenters. The molecule has 0 spiro atoms. The molecular formula is C15H14BrN3. The fraction of sp³-hybridized carbons (Fsp3) is 0.200. The number of rotatable bonds is 3. The van der Waals surface area contributed by atoms with Crippen LogP contribution in [0.15, 0.2) is 40.9 Å². The summed E-state index contributed by atoms with van der Waals surface area (Å²) < 4.78 is 0.816. The summed E-state index contributed by atoms with van der Waals surface area (Å²) in [4.78, 5) is 6.51. The number of anilines is 1. The van der Waals surface area contributed by atoms with E-state index in [4.69, 9.17) is 0 Å². The molecule has 0 aliphatic rings. The smallest absolute Gasteiger partial charge is 0.103 e. The van der Waals surface area contributed by atoms with E-state index in [-0.39, 0.29) is 0 Å². The molecule has 0 radical (unpaired) electrons. The van der Waals surface area contributed by atoms with Gasteiger partial charge >= 0.3 is 0 Å². The Labute approximate surface area is 121 Å². The van der Waals surface area contributed by atoms with Crippen molar-refractivity contribution in [2.45, 2.75) is 13.5 Å². The SMILES string of the molecule is Cc1cccc(CN(C)c2cccc(Br)c2C#N)n1. The average Bonchev–Trinajstić information content (AvgIpc) is 2.38. The molecular weight excluding hydrogens is 302 g/mol. The van der Waals surface area contributed by atoms with Gasteiger partial charge in [-0.1, -0.05) is 12.1 Å². The summed E-state index contributed by atoms with van der Waals surface area (Å²) >= 11 is 3.41. The van der Waals surface area contributed by atoms with Crippen LogP contribution >= 0.6 is 15.9 Å². The molecule has 0 saturated carbocycles. The third kappa shape index (κ3) is 3.12. The lowest BCUT2D eigenvalue weighted by Gasteiger charge is -2.20. The molecule has 2 rings (SSSR count). The first-order chi connectivity index (χ1) is 9.11. The van der Waals surface area contributed by atoms with E-state index in [2.05, 4.69) is 27.0 Å². The van der Waals surface area contributed by atoms with Crippen LogP contribution in [-0.4, -0.2) is 12.0 Å². The summed E-state index contributed by atoms with van der Waals surface area (Å²) in [6, 6.07) is 14.0. The molecule has 0 saturated heterocycles. The molecule has 0 fully saturated rings. The molecule has 0 aliphatic heterocycles. The Hall–Kier alpha value is -1.86. The summed E-state index contributed by atoms with van der Waals surface area (Å²) in [5.74, 6) is 0. The Morgan fingerprint density at radius 3 is 2.68 bits per heavy atom. The van der Waals surface area contributed by atoms with Gasteiger partial charge in [-0.15, -0.1) is 0 Å². The van der Waals surface area contributed by atoms with E-state index in [1.165, 1.54) is 0 Å². The van der Waals surface area contributed by atoms with Crippen molar-refractivity contribution < 1.29 is 0 Å². The van der Waals surface area contributed by atoms with Crippen LogP contribution in [0.1, 0.15) is 17.0 Å². The fourth-order valence-corrected chi connectivity index (χ4v) is 2.40. The highest BCUT2D eigenvalue weighted by molar-refractivity contribution is 9.10. The van der Waals surface area contributed by atoms with E-state index < -0.39 is 0 Å². The Balaban J connectivity index is 2.28. The first-order valence-corrected chi connectivity index (χ1v) is 6.73. The summed E-state index contributed by atoms with van der Waals surface area (Å²) in [6.45, 7) is 2.65. The number of halogens is 1. The van der Waals surface area contributed by atoms with Crippen molar-refractivity contribution in [1.82, 2.24) is 4.98 Å². The predicted octanol–water partition coefficient (Wildman–Crippen LogP) is 3.66. The standard InChI is InChI=1S/C15H14BrN3/c1-11-5-3-6-12(18-11)10-19(2)15-8-4-7-14(16)13(15)9-17/h3-8H,10H2,1-2H3. The lowest BCUT2D eigenvalue weighted by molar-refractivity contribution is 0.875. The quantitative estimate of drug-likeness (QED) is 0.867. The normalized spacial score (nSPS) is 10.0.